The van der Waals surface area contributed by atoms with Crippen molar-refractivity contribution in [1.29, 1.82) is 0 Å². The second-order valence-corrected chi connectivity index (χ2v) is 6.65. The average Bonchev–Trinajstić information content (AvgIpc) is 3.19. The number of anilines is 1. The van der Waals surface area contributed by atoms with Crippen molar-refractivity contribution in [3.8, 4) is 0 Å². The fourth-order valence-corrected chi connectivity index (χ4v) is 4.07. The van der Waals surface area contributed by atoms with Crippen LogP contribution in [0.3, 0.4) is 0 Å². The molecule has 1 aromatic rings. The molecule has 3 aliphatic rings. The van der Waals surface area contributed by atoms with E-state index in [1.165, 1.54) is 0 Å². The van der Waals surface area contributed by atoms with Gasteiger partial charge in [-0.1, -0.05) is 0 Å². The van der Waals surface area contributed by atoms with Crippen molar-refractivity contribution < 1.29 is 9.59 Å². The Kier molecular flexibility index (Phi) is 4.34. The summed E-state index contributed by atoms with van der Waals surface area (Å²) in [6.45, 7) is 6.12. The molecule has 2 saturated heterocycles. The highest BCUT2D eigenvalue weighted by Gasteiger charge is 2.38. The summed E-state index contributed by atoms with van der Waals surface area (Å²) in [5.41, 5.74) is 2.84. The van der Waals surface area contributed by atoms with Crippen LogP contribution in [0, 0.1) is 11.8 Å². The number of hydrogen-bond donors (Lipinski definition) is 1. The number of nitrogens with one attached hydrogen (secondary N) is 1. The molecule has 5 nitrogen and oxygen atoms in total. The lowest BCUT2D eigenvalue weighted by Gasteiger charge is -2.19. The summed E-state index contributed by atoms with van der Waals surface area (Å²) in [5, 5.41) is 3.40. The highest BCUT2D eigenvalue weighted by molar-refractivity contribution is 5.98. The third-order valence-corrected chi connectivity index (χ3v) is 5.28. The van der Waals surface area contributed by atoms with Gasteiger partial charge in [-0.2, -0.15) is 0 Å². The predicted molar refractivity (Wildman–Crippen MR) is 91.2 cm³/mol. The van der Waals surface area contributed by atoms with Crippen LogP contribution in [0.2, 0.25) is 0 Å². The Morgan fingerprint density at radius 3 is 2.52 bits per heavy atom. The standard InChI is InChI=1S/C17H21N3O2.ClH/c1-11(21)20-5-4-12-6-13(2-3-16(12)20)17(22)19-9-14-7-18-8-15(14)10-19;/h2-3,6,14-15,18H,4-5,7-10H2,1H3;1H/t14-,15+;. The van der Waals surface area contributed by atoms with Crippen molar-refractivity contribution >= 4 is 29.9 Å². The summed E-state index contributed by atoms with van der Waals surface area (Å²) >= 11 is 0. The number of fused-ring (bicyclic) bond motifs is 2. The van der Waals surface area contributed by atoms with Gasteiger partial charge in [0.05, 0.1) is 0 Å². The van der Waals surface area contributed by atoms with Crippen molar-refractivity contribution in [2.24, 2.45) is 11.8 Å². The molecule has 0 bridgehead atoms. The van der Waals surface area contributed by atoms with E-state index in [9.17, 15) is 9.59 Å². The average molecular weight is 336 g/mol. The minimum absolute atomic E-state index is 0. The van der Waals surface area contributed by atoms with Gasteiger partial charge >= 0.3 is 0 Å². The molecule has 3 aliphatic heterocycles. The Bertz CT molecular complexity index is 637. The minimum atomic E-state index is 0. The molecule has 2 atom stereocenters. The highest BCUT2D eigenvalue weighted by atomic mass is 35.5. The summed E-state index contributed by atoms with van der Waals surface area (Å²) in [5.74, 6) is 1.44. The van der Waals surface area contributed by atoms with Crippen molar-refractivity contribution in [1.82, 2.24) is 10.2 Å². The summed E-state index contributed by atoms with van der Waals surface area (Å²) in [4.78, 5) is 28.1. The van der Waals surface area contributed by atoms with E-state index in [1.54, 1.807) is 11.8 Å². The van der Waals surface area contributed by atoms with Gasteiger partial charge in [-0.25, -0.2) is 0 Å². The first-order valence-electron chi connectivity index (χ1n) is 8.04. The van der Waals surface area contributed by atoms with Gasteiger partial charge in [0.25, 0.3) is 5.91 Å². The fourth-order valence-electron chi connectivity index (χ4n) is 4.07. The van der Waals surface area contributed by atoms with Gasteiger partial charge in [-0.15, -0.1) is 12.4 Å². The Morgan fingerprint density at radius 2 is 1.87 bits per heavy atom. The number of benzene rings is 1. The van der Waals surface area contributed by atoms with Gasteiger partial charge in [0.15, 0.2) is 0 Å². The molecular formula is C17H22ClN3O2. The molecule has 1 aromatic carbocycles. The molecule has 2 fully saturated rings. The first kappa shape index (κ1) is 16.3. The van der Waals surface area contributed by atoms with Gasteiger partial charge in [-0.3, -0.25) is 9.59 Å². The number of likely N-dealkylation sites (tertiary alicyclic amines) is 1. The van der Waals surface area contributed by atoms with Crippen molar-refractivity contribution in [2.75, 3.05) is 37.6 Å². The maximum atomic E-state index is 12.7. The van der Waals surface area contributed by atoms with Crippen LogP contribution in [0.1, 0.15) is 22.8 Å². The van der Waals surface area contributed by atoms with Crippen LogP contribution < -0.4 is 10.2 Å². The van der Waals surface area contributed by atoms with Crippen LogP contribution in [0.4, 0.5) is 5.69 Å². The number of nitrogens with zero attached hydrogens (tertiary/aromatic N) is 2. The maximum Gasteiger partial charge on any atom is 0.253 e. The molecule has 0 unspecified atom stereocenters. The van der Waals surface area contributed by atoms with E-state index in [2.05, 4.69) is 5.32 Å². The summed E-state index contributed by atoms with van der Waals surface area (Å²) < 4.78 is 0. The normalized spacial score (nSPS) is 25.1. The Morgan fingerprint density at radius 1 is 1.17 bits per heavy atom. The van der Waals surface area contributed by atoms with Crippen LogP contribution in [-0.2, 0) is 11.2 Å². The summed E-state index contributed by atoms with van der Waals surface area (Å²) in [7, 11) is 0. The molecule has 0 spiro atoms. The molecular weight excluding hydrogens is 314 g/mol. The highest BCUT2D eigenvalue weighted by Crippen LogP contribution is 2.31. The SMILES string of the molecule is CC(=O)N1CCc2cc(C(=O)N3C[C@H]4CNC[C@H]4C3)ccc21.Cl. The second kappa shape index (κ2) is 6.13. The van der Waals surface area contributed by atoms with E-state index in [-0.39, 0.29) is 24.2 Å². The van der Waals surface area contributed by atoms with Gasteiger partial charge in [-0.05, 0) is 42.0 Å². The summed E-state index contributed by atoms with van der Waals surface area (Å²) in [6, 6.07) is 5.77. The lowest BCUT2D eigenvalue weighted by atomic mass is 10.0. The zero-order chi connectivity index (χ0) is 15.3. The number of carbonyl (C=O) groups is 2. The third kappa shape index (κ3) is 2.72. The smallest absolute Gasteiger partial charge is 0.253 e. The number of carbonyl (C=O) groups excluding carboxylic acids is 2. The maximum absolute atomic E-state index is 12.7. The van der Waals surface area contributed by atoms with Crippen molar-refractivity contribution in [2.45, 2.75) is 13.3 Å². The number of rotatable bonds is 1. The van der Waals surface area contributed by atoms with Crippen molar-refractivity contribution in [3.05, 3.63) is 29.3 Å². The third-order valence-electron chi connectivity index (χ3n) is 5.28. The Hall–Kier alpha value is -1.59. The van der Waals surface area contributed by atoms with Crippen LogP contribution in [0.15, 0.2) is 18.2 Å². The van der Waals surface area contributed by atoms with Crippen LogP contribution in [0.25, 0.3) is 0 Å². The van der Waals surface area contributed by atoms with Gasteiger partial charge in [0, 0.05) is 50.9 Å². The number of amides is 2. The molecule has 23 heavy (non-hydrogen) atoms. The number of halogens is 1. The minimum Gasteiger partial charge on any atom is -0.338 e. The zero-order valence-corrected chi connectivity index (χ0v) is 14.1. The molecule has 1 N–H and O–H groups in total. The van der Waals surface area contributed by atoms with Crippen LogP contribution in [0.5, 0.6) is 0 Å². The fraction of sp³-hybridized carbons (Fsp3) is 0.529. The molecule has 0 radical (unpaired) electrons. The Labute approximate surface area is 142 Å². The molecule has 4 rings (SSSR count). The first-order valence-corrected chi connectivity index (χ1v) is 8.04. The molecule has 124 valence electrons. The van der Waals surface area contributed by atoms with Gasteiger partial charge < -0.3 is 15.1 Å². The lowest BCUT2D eigenvalue weighted by molar-refractivity contribution is -0.116. The zero-order valence-electron chi connectivity index (χ0n) is 13.2. The quantitative estimate of drug-likeness (QED) is 0.842. The van der Waals surface area contributed by atoms with E-state index in [4.69, 9.17) is 0 Å². The van der Waals surface area contributed by atoms with Gasteiger partial charge in [0.2, 0.25) is 5.91 Å². The van der Waals surface area contributed by atoms with E-state index in [0.29, 0.717) is 11.8 Å². The van der Waals surface area contributed by atoms with Crippen LogP contribution >= 0.6 is 12.4 Å². The second-order valence-electron chi connectivity index (χ2n) is 6.65. The van der Waals surface area contributed by atoms with Crippen molar-refractivity contribution in [3.63, 3.8) is 0 Å². The molecule has 0 saturated carbocycles. The predicted octanol–water partition coefficient (Wildman–Crippen LogP) is 1.31. The van der Waals surface area contributed by atoms with E-state index < -0.39 is 0 Å². The lowest BCUT2D eigenvalue weighted by Crippen LogP contribution is -2.31. The van der Waals surface area contributed by atoms with E-state index >= 15 is 0 Å². The van der Waals surface area contributed by atoms with Gasteiger partial charge in [0.1, 0.15) is 0 Å². The summed E-state index contributed by atoms with van der Waals surface area (Å²) in [6.07, 6.45) is 0.838. The topological polar surface area (TPSA) is 52.7 Å². The Balaban J connectivity index is 0.00000156. The molecule has 6 heteroatoms. The largest absolute Gasteiger partial charge is 0.338 e. The molecule has 2 amide bonds. The number of hydrogen-bond acceptors (Lipinski definition) is 3. The van der Waals surface area contributed by atoms with E-state index in [0.717, 1.165) is 56.0 Å². The monoisotopic (exact) mass is 335 g/mol. The first-order chi connectivity index (χ1) is 10.6. The van der Waals surface area contributed by atoms with Crippen LogP contribution in [-0.4, -0.2) is 49.4 Å². The molecule has 3 heterocycles. The molecule has 0 aliphatic carbocycles. The van der Waals surface area contributed by atoms with E-state index in [1.807, 2.05) is 23.1 Å². The molecule has 0 aromatic heterocycles.